The van der Waals surface area contributed by atoms with Crippen molar-refractivity contribution in [1.29, 1.82) is 0 Å². The number of nitrogens with one attached hydrogen (secondary N) is 1. The normalized spacial score (nSPS) is 12.5. The van der Waals surface area contributed by atoms with Crippen LogP contribution in [0, 0.1) is 6.92 Å². The minimum absolute atomic E-state index is 0.0154. The smallest absolute Gasteiger partial charge is 0.258 e. The van der Waals surface area contributed by atoms with Crippen LogP contribution in [-0.4, -0.2) is 35.1 Å². The molecule has 5 heteroatoms. The van der Waals surface area contributed by atoms with Crippen LogP contribution in [-0.2, 0) is 0 Å². The van der Waals surface area contributed by atoms with Gasteiger partial charge in [-0.25, -0.2) is 4.98 Å². The fourth-order valence-corrected chi connectivity index (χ4v) is 2.72. The Kier molecular flexibility index (Phi) is 5.14. The van der Waals surface area contributed by atoms with Gasteiger partial charge in [-0.3, -0.25) is 9.69 Å². The third-order valence-electron chi connectivity index (χ3n) is 4.39. The lowest BCUT2D eigenvalue weighted by atomic mass is 10.2. The molecular formula is C20H23N3O2. The SMILES string of the molecule is Cc1cccc(OCCN(C)C(C)c2nc3ccccc3c(=O)[nH]2)c1. The Labute approximate surface area is 147 Å². The lowest BCUT2D eigenvalue weighted by Crippen LogP contribution is -2.29. The summed E-state index contributed by atoms with van der Waals surface area (Å²) in [6, 6.07) is 15.4. The van der Waals surface area contributed by atoms with Gasteiger partial charge in [0.1, 0.15) is 18.2 Å². The number of H-pyrrole nitrogens is 1. The summed E-state index contributed by atoms with van der Waals surface area (Å²) in [7, 11) is 2.00. The number of nitrogens with zero attached hydrogens (tertiary/aromatic N) is 2. The van der Waals surface area contributed by atoms with Crippen molar-refractivity contribution in [2.45, 2.75) is 19.9 Å². The lowest BCUT2D eigenvalue weighted by molar-refractivity contribution is 0.196. The van der Waals surface area contributed by atoms with E-state index in [9.17, 15) is 4.79 Å². The Morgan fingerprint density at radius 1 is 1.20 bits per heavy atom. The van der Waals surface area contributed by atoms with Crippen molar-refractivity contribution in [2.75, 3.05) is 20.2 Å². The molecule has 25 heavy (non-hydrogen) atoms. The molecule has 0 aliphatic carbocycles. The molecule has 0 saturated heterocycles. The number of hydrogen-bond donors (Lipinski definition) is 1. The van der Waals surface area contributed by atoms with E-state index in [1.165, 1.54) is 5.56 Å². The molecule has 1 aromatic heterocycles. The zero-order valence-corrected chi connectivity index (χ0v) is 14.8. The Balaban J connectivity index is 1.66. The average Bonchev–Trinajstić information content (AvgIpc) is 2.61. The van der Waals surface area contributed by atoms with E-state index in [0.717, 1.165) is 17.8 Å². The van der Waals surface area contributed by atoms with E-state index in [1.807, 2.05) is 63.4 Å². The van der Waals surface area contributed by atoms with Crippen LogP contribution in [0.1, 0.15) is 24.4 Å². The van der Waals surface area contributed by atoms with Crippen LogP contribution in [0.4, 0.5) is 0 Å². The highest BCUT2D eigenvalue weighted by Crippen LogP contribution is 2.16. The number of likely N-dealkylation sites (N-methyl/N-ethyl adjacent to an activating group) is 1. The first-order valence-electron chi connectivity index (χ1n) is 8.43. The minimum atomic E-state index is -0.100. The van der Waals surface area contributed by atoms with E-state index in [1.54, 1.807) is 6.07 Å². The standard InChI is InChI=1S/C20H23N3O2/c1-14-7-6-8-16(13-14)25-12-11-23(3)15(2)19-21-18-10-5-4-9-17(18)20(24)22-19/h4-10,13,15H,11-12H2,1-3H3,(H,21,22,24). The third-order valence-corrected chi connectivity index (χ3v) is 4.39. The molecule has 0 saturated carbocycles. The minimum Gasteiger partial charge on any atom is -0.492 e. The first kappa shape index (κ1) is 17.2. The van der Waals surface area contributed by atoms with Gasteiger partial charge in [0.25, 0.3) is 5.56 Å². The quantitative estimate of drug-likeness (QED) is 0.750. The molecule has 0 fully saturated rings. The van der Waals surface area contributed by atoms with Crippen LogP contribution in [0.2, 0.25) is 0 Å². The molecule has 0 spiro atoms. The van der Waals surface area contributed by atoms with Gasteiger partial charge in [-0.1, -0.05) is 24.3 Å². The van der Waals surface area contributed by atoms with E-state index < -0.39 is 0 Å². The number of aromatic nitrogens is 2. The molecule has 130 valence electrons. The van der Waals surface area contributed by atoms with Gasteiger partial charge in [0, 0.05) is 6.54 Å². The molecular weight excluding hydrogens is 314 g/mol. The lowest BCUT2D eigenvalue weighted by Gasteiger charge is -2.24. The molecule has 2 aromatic carbocycles. The van der Waals surface area contributed by atoms with Crippen LogP contribution in [0.25, 0.3) is 10.9 Å². The Hall–Kier alpha value is -2.66. The summed E-state index contributed by atoms with van der Waals surface area (Å²) in [6.07, 6.45) is 0. The molecule has 3 rings (SSSR count). The fraction of sp³-hybridized carbons (Fsp3) is 0.300. The van der Waals surface area contributed by atoms with Gasteiger partial charge in [-0.2, -0.15) is 0 Å². The number of rotatable bonds is 6. The van der Waals surface area contributed by atoms with Crippen LogP contribution < -0.4 is 10.3 Å². The molecule has 1 N–H and O–H groups in total. The number of hydrogen-bond acceptors (Lipinski definition) is 4. The summed E-state index contributed by atoms with van der Waals surface area (Å²) in [6.45, 7) is 5.37. The zero-order valence-electron chi connectivity index (χ0n) is 14.8. The molecule has 3 aromatic rings. The molecule has 0 aliphatic heterocycles. The predicted octanol–water partition coefficient (Wildman–Crippen LogP) is 3.30. The van der Waals surface area contributed by atoms with Crippen molar-refractivity contribution in [1.82, 2.24) is 14.9 Å². The Bertz CT molecular complexity index is 920. The fourth-order valence-electron chi connectivity index (χ4n) is 2.72. The second-order valence-electron chi connectivity index (χ2n) is 6.29. The molecule has 0 bridgehead atoms. The second-order valence-corrected chi connectivity index (χ2v) is 6.29. The maximum atomic E-state index is 12.2. The summed E-state index contributed by atoms with van der Waals surface area (Å²) >= 11 is 0. The number of ether oxygens (including phenoxy) is 1. The van der Waals surface area contributed by atoms with Crippen LogP contribution in [0.15, 0.2) is 53.3 Å². The van der Waals surface area contributed by atoms with E-state index in [0.29, 0.717) is 17.8 Å². The van der Waals surface area contributed by atoms with Crippen molar-refractivity contribution in [2.24, 2.45) is 0 Å². The predicted molar refractivity (Wildman–Crippen MR) is 100 cm³/mol. The van der Waals surface area contributed by atoms with Crippen LogP contribution in [0.3, 0.4) is 0 Å². The largest absolute Gasteiger partial charge is 0.492 e. The van der Waals surface area contributed by atoms with E-state index >= 15 is 0 Å². The first-order valence-corrected chi connectivity index (χ1v) is 8.43. The second kappa shape index (κ2) is 7.49. The van der Waals surface area contributed by atoms with Crippen molar-refractivity contribution >= 4 is 10.9 Å². The number of fused-ring (bicyclic) bond motifs is 1. The third kappa shape index (κ3) is 4.06. The highest BCUT2D eigenvalue weighted by molar-refractivity contribution is 5.77. The molecule has 1 atom stereocenters. The van der Waals surface area contributed by atoms with Gasteiger partial charge in [-0.15, -0.1) is 0 Å². The van der Waals surface area contributed by atoms with Crippen molar-refractivity contribution in [3.63, 3.8) is 0 Å². The monoisotopic (exact) mass is 337 g/mol. The summed E-state index contributed by atoms with van der Waals surface area (Å²) in [5.74, 6) is 1.54. The van der Waals surface area contributed by atoms with E-state index in [-0.39, 0.29) is 11.6 Å². The summed E-state index contributed by atoms with van der Waals surface area (Å²) in [5.41, 5.74) is 1.80. The van der Waals surface area contributed by atoms with Crippen LogP contribution in [0.5, 0.6) is 5.75 Å². The average molecular weight is 337 g/mol. The summed E-state index contributed by atoms with van der Waals surface area (Å²) < 4.78 is 5.80. The van der Waals surface area contributed by atoms with Gasteiger partial charge < -0.3 is 9.72 Å². The van der Waals surface area contributed by atoms with E-state index in [2.05, 4.69) is 14.9 Å². The Morgan fingerprint density at radius 3 is 2.80 bits per heavy atom. The number of para-hydroxylation sites is 1. The van der Waals surface area contributed by atoms with Crippen molar-refractivity contribution < 1.29 is 4.74 Å². The van der Waals surface area contributed by atoms with Crippen molar-refractivity contribution in [3.8, 4) is 5.75 Å². The highest BCUT2D eigenvalue weighted by Gasteiger charge is 2.15. The zero-order chi connectivity index (χ0) is 17.8. The summed E-state index contributed by atoms with van der Waals surface area (Å²) in [5, 5.41) is 0.615. The van der Waals surface area contributed by atoms with E-state index in [4.69, 9.17) is 4.74 Å². The number of aryl methyl sites for hydroxylation is 1. The number of aromatic amines is 1. The number of benzene rings is 2. The Morgan fingerprint density at radius 2 is 2.00 bits per heavy atom. The maximum absolute atomic E-state index is 12.2. The van der Waals surface area contributed by atoms with Gasteiger partial charge in [0.15, 0.2) is 0 Å². The maximum Gasteiger partial charge on any atom is 0.258 e. The molecule has 0 amide bonds. The topological polar surface area (TPSA) is 58.2 Å². The highest BCUT2D eigenvalue weighted by atomic mass is 16.5. The molecule has 0 radical (unpaired) electrons. The van der Waals surface area contributed by atoms with Crippen LogP contribution >= 0.6 is 0 Å². The van der Waals surface area contributed by atoms with Gasteiger partial charge in [-0.05, 0) is 50.7 Å². The van der Waals surface area contributed by atoms with Gasteiger partial charge in [0.2, 0.25) is 0 Å². The summed E-state index contributed by atoms with van der Waals surface area (Å²) in [4.78, 5) is 21.8. The first-order chi connectivity index (χ1) is 12.0. The van der Waals surface area contributed by atoms with Gasteiger partial charge in [0.05, 0.1) is 16.9 Å². The molecule has 5 nitrogen and oxygen atoms in total. The van der Waals surface area contributed by atoms with Gasteiger partial charge >= 0.3 is 0 Å². The molecule has 1 unspecified atom stereocenters. The van der Waals surface area contributed by atoms with Crippen molar-refractivity contribution in [3.05, 3.63) is 70.3 Å². The molecule has 1 heterocycles. The molecule has 0 aliphatic rings.